The first-order valence-corrected chi connectivity index (χ1v) is 10.1. The average Bonchev–Trinajstić information content (AvgIpc) is 2.49. The molecule has 0 saturated carbocycles. The zero-order valence-corrected chi connectivity index (χ0v) is 15.0. The van der Waals surface area contributed by atoms with Crippen LogP contribution in [0.25, 0.3) is 0 Å². The minimum Gasteiger partial charge on any atom is -0.368 e. The molecule has 1 heterocycles. The van der Waals surface area contributed by atoms with Gasteiger partial charge < -0.3 is 10.2 Å². The van der Waals surface area contributed by atoms with Crippen molar-refractivity contribution in [3.8, 4) is 0 Å². The Morgan fingerprint density at radius 3 is 2.87 bits per heavy atom. The number of aryl methyl sites for hydroxylation is 1. The lowest BCUT2D eigenvalue weighted by atomic mass is 10.0. The summed E-state index contributed by atoms with van der Waals surface area (Å²) in [5.74, 6) is 0.126. The first kappa shape index (κ1) is 18.2. The number of hydrogen-bond donors (Lipinski definition) is 1. The third kappa shape index (κ3) is 5.18. The second kappa shape index (κ2) is 7.62. The smallest absolute Gasteiger partial charge is 0.151 e. The van der Waals surface area contributed by atoms with Crippen LogP contribution in [-0.2, 0) is 9.84 Å². The molecule has 0 unspecified atom stereocenters. The van der Waals surface area contributed by atoms with Gasteiger partial charge in [0.2, 0.25) is 0 Å². The number of rotatable bonds is 6. The maximum absolute atomic E-state index is 14.1. The molecule has 1 aliphatic rings. The van der Waals surface area contributed by atoms with Crippen LogP contribution in [0.1, 0.15) is 32.3 Å². The van der Waals surface area contributed by atoms with Crippen molar-refractivity contribution in [2.75, 3.05) is 29.5 Å². The standard InChI is InChI=1S/C17H27FN2O2S/c1-4-23(21,22)12-14(3)19-15-6-5-9-20(11-15)17-10-13(2)7-8-16(17)18/h7-8,10,14-15,19H,4-6,9,11-12H2,1-3H3/t14-,15-/m0/s1. The third-order valence-corrected chi connectivity index (χ3v) is 6.22. The van der Waals surface area contributed by atoms with Crippen molar-refractivity contribution in [1.29, 1.82) is 0 Å². The molecule has 2 rings (SSSR count). The lowest BCUT2D eigenvalue weighted by Gasteiger charge is -2.36. The van der Waals surface area contributed by atoms with Gasteiger partial charge in [-0.15, -0.1) is 0 Å². The molecule has 0 radical (unpaired) electrons. The van der Waals surface area contributed by atoms with Crippen molar-refractivity contribution in [2.45, 2.75) is 45.7 Å². The van der Waals surface area contributed by atoms with Gasteiger partial charge in [0.25, 0.3) is 0 Å². The molecule has 1 aromatic rings. The molecule has 0 bridgehead atoms. The summed E-state index contributed by atoms with van der Waals surface area (Å²) in [7, 11) is -2.98. The highest BCUT2D eigenvalue weighted by atomic mass is 32.2. The zero-order chi connectivity index (χ0) is 17.0. The summed E-state index contributed by atoms with van der Waals surface area (Å²) in [6.07, 6.45) is 1.96. The largest absolute Gasteiger partial charge is 0.368 e. The summed E-state index contributed by atoms with van der Waals surface area (Å²) < 4.78 is 37.5. The fourth-order valence-corrected chi connectivity index (χ4v) is 4.24. The van der Waals surface area contributed by atoms with Gasteiger partial charge in [0.1, 0.15) is 5.82 Å². The van der Waals surface area contributed by atoms with Crippen LogP contribution >= 0.6 is 0 Å². The predicted molar refractivity (Wildman–Crippen MR) is 93.3 cm³/mol. The second-order valence-corrected chi connectivity index (χ2v) is 8.90. The summed E-state index contributed by atoms with van der Waals surface area (Å²) in [5.41, 5.74) is 1.68. The lowest BCUT2D eigenvalue weighted by molar-refractivity contribution is 0.392. The number of hydrogen-bond acceptors (Lipinski definition) is 4. The summed E-state index contributed by atoms with van der Waals surface area (Å²) in [6.45, 7) is 7.07. The molecule has 1 N–H and O–H groups in total. The Morgan fingerprint density at radius 2 is 2.17 bits per heavy atom. The number of benzene rings is 1. The quantitative estimate of drug-likeness (QED) is 0.863. The molecule has 2 atom stereocenters. The summed E-state index contributed by atoms with van der Waals surface area (Å²) in [5, 5.41) is 3.40. The monoisotopic (exact) mass is 342 g/mol. The molecule has 0 aliphatic carbocycles. The minimum absolute atomic E-state index is 0.0905. The molecule has 6 heteroatoms. The molecule has 0 amide bonds. The van der Waals surface area contributed by atoms with Gasteiger partial charge in [0.05, 0.1) is 11.4 Å². The molecule has 1 saturated heterocycles. The number of nitrogens with one attached hydrogen (secondary N) is 1. The van der Waals surface area contributed by atoms with Crippen LogP contribution in [0.5, 0.6) is 0 Å². The van der Waals surface area contributed by atoms with Crippen molar-refractivity contribution in [3.05, 3.63) is 29.6 Å². The first-order chi connectivity index (χ1) is 10.8. The van der Waals surface area contributed by atoms with Crippen molar-refractivity contribution in [3.63, 3.8) is 0 Å². The van der Waals surface area contributed by atoms with E-state index in [9.17, 15) is 12.8 Å². The summed E-state index contributed by atoms with van der Waals surface area (Å²) >= 11 is 0. The number of anilines is 1. The van der Waals surface area contributed by atoms with E-state index in [1.807, 2.05) is 19.9 Å². The average molecular weight is 342 g/mol. The maximum Gasteiger partial charge on any atom is 0.151 e. The Balaban J connectivity index is 1.99. The number of piperidine rings is 1. The van der Waals surface area contributed by atoms with Gasteiger partial charge in [-0.3, -0.25) is 0 Å². The zero-order valence-electron chi connectivity index (χ0n) is 14.2. The van der Waals surface area contributed by atoms with Gasteiger partial charge in [-0.2, -0.15) is 0 Å². The third-order valence-electron chi connectivity index (χ3n) is 4.33. The van der Waals surface area contributed by atoms with Gasteiger partial charge in [-0.05, 0) is 44.4 Å². The van der Waals surface area contributed by atoms with Crippen LogP contribution in [-0.4, -0.2) is 45.1 Å². The van der Waals surface area contributed by atoms with Gasteiger partial charge in [-0.25, -0.2) is 12.8 Å². The predicted octanol–water partition coefficient (Wildman–Crippen LogP) is 2.52. The molecule has 130 valence electrons. The Labute approximate surface area is 139 Å². The number of halogens is 1. The normalized spacial score (nSPS) is 20.5. The van der Waals surface area contributed by atoms with Crippen molar-refractivity contribution in [1.82, 2.24) is 5.32 Å². The minimum atomic E-state index is -2.98. The molecule has 0 aromatic heterocycles. The molecule has 1 fully saturated rings. The van der Waals surface area contributed by atoms with Crippen molar-refractivity contribution >= 4 is 15.5 Å². The molecule has 1 aliphatic heterocycles. The molecule has 0 spiro atoms. The van der Waals surface area contributed by atoms with Crippen LogP contribution < -0.4 is 10.2 Å². The van der Waals surface area contributed by atoms with E-state index in [0.29, 0.717) is 12.2 Å². The van der Waals surface area contributed by atoms with Crippen LogP contribution in [0.4, 0.5) is 10.1 Å². The molecular weight excluding hydrogens is 315 g/mol. The van der Waals surface area contributed by atoms with E-state index in [-0.39, 0.29) is 29.4 Å². The van der Waals surface area contributed by atoms with E-state index in [0.717, 1.165) is 24.9 Å². The second-order valence-electron chi connectivity index (χ2n) is 6.51. The highest BCUT2D eigenvalue weighted by Gasteiger charge is 2.24. The fraction of sp³-hybridized carbons (Fsp3) is 0.647. The van der Waals surface area contributed by atoms with Crippen molar-refractivity contribution < 1.29 is 12.8 Å². The van der Waals surface area contributed by atoms with Gasteiger partial charge in [0.15, 0.2) is 9.84 Å². The van der Waals surface area contributed by atoms with E-state index >= 15 is 0 Å². The van der Waals surface area contributed by atoms with Crippen LogP contribution in [0.2, 0.25) is 0 Å². The molecular formula is C17H27FN2O2S. The topological polar surface area (TPSA) is 49.4 Å². The molecule has 1 aromatic carbocycles. The Morgan fingerprint density at radius 1 is 1.43 bits per heavy atom. The van der Waals surface area contributed by atoms with Crippen LogP contribution in [0, 0.1) is 12.7 Å². The Hall–Kier alpha value is -1.14. The fourth-order valence-electron chi connectivity index (χ4n) is 3.15. The molecule has 23 heavy (non-hydrogen) atoms. The Bertz CT molecular complexity index is 633. The van der Waals surface area contributed by atoms with E-state index in [2.05, 4.69) is 10.2 Å². The van der Waals surface area contributed by atoms with E-state index in [4.69, 9.17) is 0 Å². The highest BCUT2D eigenvalue weighted by molar-refractivity contribution is 7.91. The maximum atomic E-state index is 14.1. The number of nitrogens with zero attached hydrogens (tertiary/aromatic N) is 1. The highest BCUT2D eigenvalue weighted by Crippen LogP contribution is 2.24. The van der Waals surface area contributed by atoms with Gasteiger partial charge in [-0.1, -0.05) is 13.0 Å². The molecule has 4 nitrogen and oxygen atoms in total. The Kier molecular flexibility index (Phi) is 6.03. The lowest BCUT2D eigenvalue weighted by Crippen LogP contribution is -2.50. The summed E-state index contributed by atoms with van der Waals surface area (Å²) in [4.78, 5) is 2.06. The van der Waals surface area contributed by atoms with Gasteiger partial charge in [0, 0.05) is 30.9 Å². The summed E-state index contributed by atoms with van der Waals surface area (Å²) in [6, 6.07) is 5.26. The first-order valence-electron chi connectivity index (χ1n) is 8.28. The van der Waals surface area contributed by atoms with E-state index in [1.54, 1.807) is 13.0 Å². The van der Waals surface area contributed by atoms with Crippen LogP contribution in [0.15, 0.2) is 18.2 Å². The van der Waals surface area contributed by atoms with Crippen LogP contribution in [0.3, 0.4) is 0 Å². The van der Waals surface area contributed by atoms with Gasteiger partial charge >= 0.3 is 0 Å². The van der Waals surface area contributed by atoms with E-state index < -0.39 is 9.84 Å². The van der Waals surface area contributed by atoms with Crippen molar-refractivity contribution in [2.24, 2.45) is 0 Å². The number of sulfone groups is 1. The van der Waals surface area contributed by atoms with E-state index in [1.165, 1.54) is 6.07 Å². The SMILES string of the molecule is CCS(=O)(=O)C[C@H](C)N[C@H]1CCCN(c2cc(C)ccc2F)C1.